The highest BCUT2D eigenvalue weighted by atomic mass is 79.9. The fourth-order valence-corrected chi connectivity index (χ4v) is 3.38. The monoisotopic (exact) mass is 447 g/mol. The second-order valence-electron chi connectivity index (χ2n) is 6.84. The first-order valence-electron chi connectivity index (χ1n) is 9.04. The molecule has 0 aliphatic carbocycles. The third-order valence-corrected chi connectivity index (χ3v) is 5.88. The molecule has 0 aliphatic heterocycles. The van der Waals surface area contributed by atoms with Crippen molar-refractivity contribution >= 4 is 27.5 Å². The van der Waals surface area contributed by atoms with Crippen LogP contribution in [0.1, 0.15) is 34.8 Å². The molecule has 1 aromatic carbocycles. The van der Waals surface area contributed by atoms with Crippen LogP contribution in [0.2, 0.25) is 0 Å². The smallest absolute Gasteiger partial charge is 0.226 e. The highest BCUT2D eigenvalue weighted by Crippen LogP contribution is 2.22. The second-order valence-corrected chi connectivity index (χ2v) is 7.63. The van der Waals surface area contributed by atoms with Crippen LogP contribution < -0.4 is 5.32 Å². The van der Waals surface area contributed by atoms with Crippen molar-refractivity contribution < 1.29 is 9.18 Å². The summed E-state index contributed by atoms with van der Waals surface area (Å²) in [5.74, 6) is -0.351. The first-order chi connectivity index (χ1) is 13.3. The fourth-order valence-electron chi connectivity index (χ4n) is 3.10. The third-order valence-electron chi connectivity index (χ3n) is 4.74. The SMILES string of the molecule is Cc1nn(CCC(=O)Nc2c(C)nn(Cc3ccc(F)cc3)c2C)c(C)c1Br. The average Bonchev–Trinajstić information content (AvgIpc) is 3.06. The maximum absolute atomic E-state index is 13.1. The van der Waals surface area contributed by atoms with Crippen molar-refractivity contribution in [2.75, 3.05) is 5.32 Å². The fraction of sp³-hybridized carbons (Fsp3) is 0.350. The number of aromatic nitrogens is 4. The lowest BCUT2D eigenvalue weighted by molar-refractivity contribution is -0.116. The number of benzene rings is 1. The lowest BCUT2D eigenvalue weighted by atomic mass is 10.2. The van der Waals surface area contributed by atoms with E-state index in [9.17, 15) is 9.18 Å². The van der Waals surface area contributed by atoms with Crippen molar-refractivity contribution in [2.45, 2.75) is 47.2 Å². The molecule has 2 aromatic heterocycles. The van der Waals surface area contributed by atoms with Gasteiger partial charge in [0.25, 0.3) is 0 Å². The van der Waals surface area contributed by atoms with Gasteiger partial charge in [0.2, 0.25) is 5.91 Å². The van der Waals surface area contributed by atoms with Crippen molar-refractivity contribution in [2.24, 2.45) is 0 Å². The number of nitrogens with zero attached hydrogens (tertiary/aromatic N) is 4. The first-order valence-corrected chi connectivity index (χ1v) is 9.83. The number of hydrogen-bond donors (Lipinski definition) is 1. The molecule has 0 radical (unpaired) electrons. The molecule has 0 atom stereocenters. The molecular formula is C20H23BrFN5O. The second kappa shape index (κ2) is 8.26. The van der Waals surface area contributed by atoms with E-state index in [-0.39, 0.29) is 11.7 Å². The Kier molecular flexibility index (Phi) is 5.98. The molecular weight excluding hydrogens is 425 g/mol. The lowest BCUT2D eigenvalue weighted by Crippen LogP contribution is -2.16. The summed E-state index contributed by atoms with van der Waals surface area (Å²) >= 11 is 3.50. The Balaban J connectivity index is 1.66. The third kappa shape index (κ3) is 4.32. The van der Waals surface area contributed by atoms with Crippen LogP contribution in [0.15, 0.2) is 28.7 Å². The van der Waals surface area contributed by atoms with E-state index in [0.717, 1.165) is 38.5 Å². The molecule has 1 amide bonds. The number of rotatable bonds is 6. The number of anilines is 1. The van der Waals surface area contributed by atoms with Gasteiger partial charge in [0.05, 0.1) is 40.3 Å². The summed E-state index contributed by atoms with van der Waals surface area (Å²) in [5.41, 5.74) is 5.20. The minimum absolute atomic E-state index is 0.0868. The normalized spacial score (nSPS) is 11.1. The van der Waals surface area contributed by atoms with Gasteiger partial charge in [-0.25, -0.2) is 4.39 Å². The predicted octanol–water partition coefficient (Wildman–Crippen LogP) is 4.29. The van der Waals surface area contributed by atoms with Crippen molar-refractivity contribution in [1.29, 1.82) is 0 Å². The summed E-state index contributed by atoms with van der Waals surface area (Å²) < 4.78 is 17.7. The maximum Gasteiger partial charge on any atom is 0.226 e. The summed E-state index contributed by atoms with van der Waals surface area (Å²) in [6.45, 7) is 8.69. The van der Waals surface area contributed by atoms with Gasteiger partial charge in [-0.15, -0.1) is 0 Å². The van der Waals surface area contributed by atoms with Crippen LogP contribution in [-0.2, 0) is 17.9 Å². The summed E-state index contributed by atoms with van der Waals surface area (Å²) in [7, 11) is 0. The molecule has 3 rings (SSSR count). The Morgan fingerprint density at radius 1 is 1.04 bits per heavy atom. The topological polar surface area (TPSA) is 64.7 Å². The molecule has 2 heterocycles. The molecule has 0 unspecified atom stereocenters. The van der Waals surface area contributed by atoms with E-state index in [0.29, 0.717) is 19.5 Å². The average molecular weight is 448 g/mol. The summed E-state index contributed by atoms with van der Waals surface area (Å²) in [6.07, 6.45) is 0.316. The number of hydrogen-bond acceptors (Lipinski definition) is 3. The van der Waals surface area contributed by atoms with Crippen LogP contribution in [0.5, 0.6) is 0 Å². The Morgan fingerprint density at radius 3 is 2.29 bits per heavy atom. The van der Waals surface area contributed by atoms with E-state index in [1.54, 1.807) is 12.1 Å². The van der Waals surface area contributed by atoms with E-state index in [1.165, 1.54) is 12.1 Å². The van der Waals surface area contributed by atoms with Crippen molar-refractivity contribution in [3.63, 3.8) is 0 Å². The minimum atomic E-state index is -0.264. The molecule has 0 saturated heterocycles. The molecule has 0 aliphatic rings. The summed E-state index contributed by atoms with van der Waals surface area (Å²) in [5, 5.41) is 11.9. The van der Waals surface area contributed by atoms with Gasteiger partial charge in [0, 0.05) is 12.1 Å². The zero-order valence-electron chi connectivity index (χ0n) is 16.4. The number of nitrogens with one attached hydrogen (secondary N) is 1. The zero-order chi connectivity index (χ0) is 20.4. The van der Waals surface area contributed by atoms with Crippen LogP contribution in [0.25, 0.3) is 0 Å². The van der Waals surface area contributed by atoms with Gasteiger partial charge >= 0.3 is 0 Å². The van der Waals surface area contributed by atoms with Gasteiger partial charge in [-0.1, -0.05) is 12.1 Å². The van der Waals surface area contributed by atoms with Crippen molar-refractivity contribution in [3.8, 4) is 0 Å². The number of carbonyl (C=O) groups excluding carboxylic acids is 1. The molecule has 1 N–H and O–H groups in total. The first kappa shape index (κ1) is 20.3. The Bertz CT molecular complexity index is 1010. The molecule has 0 spiro atoms. The summed E-state index contributed by atoms with van der Waals surface area (Å²) in [4.78, 5) is 12.5. The quantitative estimate of drug-likeness (QED) is 0.612. The van der Waals surface area contributed by atoms with Crippen molar-refractivity contribution in [1.82, 2.24) is 19.6 Å². The van der Waals surface area contributed by atoms with Gasteiger partial charge in [0.15, 0.2) is 0 Å². The molecule has 0 saturated carbocycles. The maximum atomic E-state index is 13.1. The lowest BCUT2D eigenvalue weighted by Gasteiger charge is -2.08. The summed E-state index contributed by atoms with van der Waals surface area (Å²) in [6, 6.07) is 6.33. The van der Waals surface area contributed by atoms with Crippen LogP contribution in [-0.4, -0.2) is 25.5 Å². The van der Waals surface area contributed by atoms with Crippen LogP contribution >= 0.6 is 15.9 Å². The minimum Gasteiger partial charge on any atom is -0.323 e. The number of carbonyl (C=O) groups is 1. The van der Waals surface area contributed by atoms with E-state index >= 15 is 0 Å². The molecule has 148 valence electrons. The van der Waals surface area contributed by atoms with E-state index < -0.39 is 0 Å². The van der Waals surface area contributed by atoms with Crippen LogP contribution in [0, 0.1) is 33.5 Å². The van der Waals surface area contributed by atoms with E-state index in [2.05, 4.69) is 31.4 Å². The van der Waals surface area contributed by atoms with Gasteiger partial charge < -0.3 is 5.32 Å². The highest BCUT2D eigenvalue weighted by Gasteiger charge is 2.15. The van der Waals surface area contributed by atoms with Crippen LogP contribution in [0.4, 0.5) is 10.1 Å². The van der Waals surface area contributed by atoms with Crippen molar-refractivity contribution in [3.05, 3.63) is 62.9 Å². The predicted molar refractivity (Wildman–Crippen MR) is 110 cm³/mol. The van der Waals surface area contributed by atoms with Gasteiger partial charge in [-0.05, 0) is 61.3 Å². The van der Waals surface area contributed by atoms with Gasteiger partial charge in [0.1, 0.15) is 5.82 Å². The molecule has 0 bridgehead atoms. The molecule has 3 aromatic rings. The van der Waals surface area contributed by atoms with Gasteiger partial charge in [-0.2, -0.15) is 10.2 Å². The van der Waals surface area contributed by atoms with E-state index in [4.69, 9.17) is 0 Å². The number of aryl methyl sites for hydroxylation is 3. The van der Waals surface area contributed by atoms with E-state index in [1.807, 2.05) is 37.1 Å². The Hall–Kier alpha value is -2.48. The molecule has 8 heteroatoms. The Morgan fingerprint density at radius 2 is 1.68 bits per heavy atom. The highest BCUT2D eigenvalue weighted by molar-refractivity contribution is 9.10. The molecule has 6 nitrogen and oxygen atoms in total. The number of amides is 1. The zero-order valence-corrected chi connectivity index (χ0v) is 18.0. The Labute approximate surface area is 171 Å². The molecule has 0 fully saturated rings. The van der Waals surface area contributed by atoms with Gasteiger partial charge in [-0.3, -0.25) is 14.2 Å². The standard InChI is InChI=1S/C20H23BrFN5O/c1-12-19(21)14(3)26(24-12)10-9-18(28)23-20-13(2)25-27(15(20)4)11-16-5-7-17(22)8-6-16/h5-8H,9-11H2,1-4H3,(H,23,28). The van der Waals surface area contributed by atoms with Crippen LogP contribution in [0.3, 0.4) is 0 Å². The molecule has 28 heavy (non-hydrogen) atoms. The number of halogens is 2. The largest absolute Gasteiger partial charge is 0.323 e.